The van der Waals surface area contributed by atoms with Crippen molar-refractivity contribution in [1.29, 1.82) is 0 Å². The summed E-state index contributed by atoms with van der Waals surface area (Å²) in [5.41, 5.74) is 0.730. The van der Waals surface area contributed by atoms with Crippen LogP contribution >= 0.6 is 11.6 Å². The number of amides is 2. The number of hydrogen-bond donors (Lipinski definition) is 2. The summed E-state index contributed by atoms with van der Waals surface area (Å²) in [7, 11) is 0. The van der Waals surface area contributed by atoms with E-state index in [1.165, 1.54) is 0 Å². The second kappa shape index (κ2) is 11.9. The van der Waals surface area contributed by atoms with E-state index in [1.54, 1.807) is 20.8 Å². The number of halogens is 1. The molecular weight excluding hydrogens is 476 g/mol. The van der Waals surface area contributed by atoms with Crippen molar-refractivity contribution in [3.63, 3.8) is 0 Å². The molecule has 2 N–H and O–H groups in total. The number of nitrogens with one attached hydrogen (secondary N) is 2. The molecule has 0 bridgehead atoms. The third-order valence-electron chi connectivity index (χ3n) is 5.55. The molecule has 0 fully saturated rings. The smallest absolute Gasteiger partial charge is 0.408 e. The maximum atomic E-state index is 13.6. The van der Waals surface area contributed by atoms with Crippen molar-refractivity contribution in [1.82, 2.24) is 10.6 Å². The molecule has 0 aliphatic carbocycles. The highest BCUT2D eigenvalue weighted by Gasteiger charge is 2.38. The van der Waals surface area contributed by atoms with E-state index >= 15 is 0 Å². The van der Waals surface area contributed by atoms with Gasteiger partial charge in [0.05, 0.1) is 12.3 Å². The minimum Gasteiger partial charge on any atom is -0.444 e. The van der Waals surface area contributed by atoms with Crippen LogP contribution in [0.15, 0.2) is 91.0 Å². The monoisotopic (exact) mass is 506 g/mol. The van der Waals surface area contributed by atoms with Crippen molar-refractivity contribution in [2.45, 2.75) is 44.4 Å². The number of alkyl carbamates (subject to hydrolysis) is 1. The topological polar surface area (TPSA) is 84.5 Å². The van der Waals surface area contributed by atoms with Crippen LogP contribution in [0.3, 0.4) is 0 Å². The van der Waals surface area contributed by atoms with E-state index in [1.807, 2.05) is 91.0 Å². The quantitative estimate of drug-likeness (QED) is 0.309. The second-order valence-electron chi connectivity index (χ2n) is 9.40. The van der Waals surface area contributed by atoms with Crippen molar-refractivity contribution >= 4 is 29.4 Å². The van der Waals surface area contributed by atoms with Gasteiger partial charge in [0, 0.05) is 0 Å². The summed E-state index contributed by atoms with van der Waals surface area (Å²) in [6, 6.07) is 27.7. The lowest BCUT2D eigenvalue weighted by atomic mass is 9.77. The molecule has 0 unspecified atom stereocenters. The van der Waals surface area contributed by atoms with Gasteiger partial charge in [-0.1, -0.05) is 91.0 Å². The van der Waals surface area contributed by atoms with Crippen LogP contribution in [-0.2, 0) is 19.9 Å². The molecule has 36 heavy (non-hydrogen) atoms. The average Bonchev–Trinajstić information content (AvgIpc) is 2.87. The van der Waals surface area contributed by atoms with Gasteiger partial charge in [0.25, 0.3) is 0 Å². The Morgan fingerprint density at radius 3 is 1.56 bits per heavy atom. The molecule has 0 aromatic heterocycles. The van der Waals surface area contributed by atoms with Crippen LogP contribution in [0.1, 0.15) is 43.9 Å². The Morgan fingerprint density at radius 1 is 0.778 bits per heavy atom. The predicted octanol–water partition coefficient (Wildman–Crippen LogP) is 5.19. The number of Topliss-reactive ketones (excluding diaryl/α,β-unsaturated/α-hetero) is 1. The summed E-state index contributed by atoms with van der Waals surface area (Å²) in [5, 5.41) is 5.69. The first-order valence-electron chi connectivity index (χ1n) is 11.7. The minimum absolute atomic E-state index is 0.307. The van der Waals surface area contributed by atoms with Gasteiger partial charge in [0.15, 0.2) is 5.78 Å². The van der Waals surface area contributed by atoms with Gasteiger partial charge in [-0.05, 0) is 37.5 Å². The fraction of sp³-hybridized carbons (Fsp3) is 0.276. The van der Waals surface area contributed by atoms with Gasteiger partial charge in [0.1, 0.15) is 17.2 Å². The van der Waals surface area contributed by atoms with Crippen molar-refractivity contribution in [2.75, 3.05) is 5.88 Å². The maximum absolute atomic E-state index is 13.6. The first-order chi connectivity index (χ1) is 17.2. The fourth-order valence-corrected chi connectivity index (χ4v) is 4.20. The standard InChI is InChI=1S/C29H31ClN2O4/c1-28(2,3)36-27(35)31-24(25(33)20-30)19-26(34)32-29(21-13-7-4-8-14-21,22-15-9-5-10-16-22)23-17-11-6-12-18-23/h4-18,24H,19-20H2,1-3H3,(H,31,35)(H,32,34)/t24-/m1/s1. The summed E-state index contributed by atoms with van der Waals surface area (Å²) in [5.74, 6) is -1.27. The van der Waals surface area contributed by atoms with Gasteiger partial charge in [0.2, 0.25) is 5.91 Å². The normalized spacial score (nSPS) is 12.3. The number of carbonyl (C=O) groups excluding carboxylic acids is 3. The molecule has 3 aromatic rings. The van der Waals surface area contributed by atoms with Gasteiger partial charge in [-0.2, -0.15) is 0 Å². The highest BCUT2D eigenvalue weighted by molar-refractivity contribution is 6.28. The molecule has 188 valence electrons. The van der Waals surface area contributed by atoms with Gasteiger partial charge in [-0.3, -0.25) is 9.59 Å². The molecule has 0 radical (unpaired) electrons. The molecule has 0 saturated carbocycles. The third kappa shape index (κ3) is 6.73. The maximum Gasteiger partial charge on any atom is 0.408 e. The zero-order valence-corrected chi connectivity index (χ0v) is 21.4. The number of rotatable bonds is 9. The summed E-state index contributed by atoms with van der Waals surface area (Å²) in [6.45, 7) is 5.14. The summed E-state index contributed by atoms with van der Waals surface area (Å²) in [4.78, 5) is 38.5. The fourth-order valence-electron chi connectivity index (χ4n) is 4.01. The highest BCUT2D eigenvalue weighted by Crippen LogP contribution is 2.36. The summed E-state index contributed by atoms with van der Waals surface area (Å²) < 4.78 is 5.28. The number of benzene rings is 3. The van der Waals surface area contributed by atoms with E-state index < -0.39 is 35.0 Å². The Hall–Kier alpha value is -3.64. The van der Waals surface area contributed by atoms with E-state index in [-0.39, 0.29) is 12.3 Å². The third-order valence-corrected chi connectivity index (χ3v) is 5.81. The Kier molecular flexibility index (Phi) is 8.88. The van der Waals surface area contributed by atoms with Gasteiger partial charge >= 0.3 is 6.09 Å². The molecule has 0 aliphatic heterocycles. The van der Waals surface area contributed by atoms with Gasteiger partial charge < -0.3 is 15.4 Å². The molecule has 3 aromatic carbocycles. The SMILES string of the molecule is CC(C)(C)OC(=O)N[C@H](CC(=O)NC(c1ccccc1)(c1ccccc1)c1ccccc1)C(=O)CCl. The Morgan fingerprint density at radius 2 is 1.19 bits per heavy atom. The van der Waals surface area contributed by atoms with Crippen molar-refractivity contribution < 1.29 is 19.1 Å². The van der Waals surface area contributed by atoms with E-state index in [4.69, 9.17) is 16.3 Å². The summed E-state index contributed by atoms with van der Waals surface area (Å²) >= 11 is 5.79. The lowest BCUT2D eigenvalue weighted by Gasteiger charge is -2.37. The van der Waals surface area contributed by atoms with Crippen molar-refractivity contribution in [3.8, 4) is 0 Å². The second-order valence-corrected chi connectivity index (χ2v) is 9.67. The first-order valence-corrected chi connectivity index (χ1v) is 12.2. The molecule has 1 atom stereocenters. The Labute approximate surface area is 217 Å². The summed E-state index contributed by atoms with van der Waals surface area (Å²) in [6.07, 6.45) is -1.10. The number of ether oxygens (including phenoxy) is 1. The minimum atomic E-state index is -1.14. The van der Waals surface area contributed by atoms with E-state index in [9.17, 15) is 14.4 Å². The van der Waals surface area contributed by atoms with Gasteiger partial charge in [-0.25, -0.2) is 4.79 Å². The van der Waals surface area contributed by atoms with E-state index in [0.717, 1.165) is 16.7 Å². The number of carbonyl (C=O) groups is 3. The molecule has 2 amide bonds. The van der Waals surface area contributed by atoms with Crippen LogP contribution in [0.4, 0.5) is 4.79 Å². The first kappa shape index (κ1) is 27.0. The lowest BCUT2D eigenvalue weighted by Crippen LogP contribution is -2.51. The molecule has 0 saturated heterocycles. The van der Waals surface area contributed by atoms with Crippen LogP contribution in [0, 0.1) is 0 Å². The molecule has 7 heteroatoms. The van der Waals surface area contributed by atoms with E-state index in [2.05, 4.69) is 10.6 Å². The average molecular weight is 507 g/mol. The number of hydrogen-bond acceptors (Lipinski definition) is 4. The Balaban J connectivity index is 2.01. The molecule has 6 nitrogen and oxygen atoms in total. The van der Waals surface area contributed by atoms with Crippen LogP contribution in [0.2, 0.25) is 0 Å². The Bertz CT molecular complexity index is 1070. The molecule has 3 rings (SSSR count). The molecule has 0 heterocycles. The molecular formula is C29H31ClN2O4. The van der Waals surface area contributed by atoms with E-state index in [0.29, 0.717) is 0 Å². The van der Waals surface area contributed by atoms with Crippen LogP contribution in [0.5, 0.6) is 0 Å². The van der Waals surface area contributed by atoms with Crippen molar-refractivity contribution in [3.05, 3.63) is 108 Å². The van der Waals surface area contributed by atoms with Crippen LogP contribution < -0.4 is 10.6 Å². The number of alkyl halides is 1. The largest absolute Gasteiger partial charge is 0.444 e. The van der Waals surface area contributed by atoms with Crippen LogP contribution in [-0.4, -0.2) is 35.3 Å². The van der Waals surface area contributed by atoms with Crippen LogP contribution in [0.25, 0.3) is 0 Å². The zero-order valence-electron chi connectivity index (χ0n) is 20.7. The lowest BCUT2D eigenvalue weighted by molar-refractivity contribution is -0.126. The predicted molar refractivity (Wildman–Crippen MR) is 141 cm³/mol. The molecule has 0 spiro atoms. The molecule has 0 aliphatic rings. The van der Waals surface area contributed by atoms with Gasteiger partial charge in [-0.15, -0.1) is 11.6 Å². The zero-order chi connectivity index (χ0) is 26.2. The number of ketones is 1. The highest BCUT2D eigenvalue weighted by atomic mass is 35.5. The van der Waals surface area contributed by atoms with Crippen molar-refractivity contribution in [2.24, 2.45) is 0 Å².